The minimum atomic E-state index is -0.778. The Balaban J connectivity index is 1.79. The van der Waals surface area contributed by atoms with E-state index in [9.17, 15) is 9.59 Å². The second-order valence-corrected chi connectivity index (χ2v) is 11.6. The van der Waals surface area contributed by atoms with Crippen molar-refractivity contribution in [3.63, 3.8) is 0 Å². The first-order valence-corrected chi connectivity index (χ1v) is 15.9. The van der Waals surface area contributed by atoms with E-state index >= 15 is 0 Å². The molecule has 1 amide bonds. The zero-order chi connectivity index (χ0) is 32.2. The first-order chi connectivity index (χ1) is 21.8. The maximum Gasteiger partial charge on any atom is 0.271 e. The van der Waals surface area contributed by atoms with E-state index in [-0.39, 0.29) is 18.1 Å². The summed E-state index contributed by atoms with van der Waals surface area (Å²) in [6.07, 6.45) is 7.12. The fourth-order valence-corrected chi connectivity index (χ4v) is 6.94. The van der Waals surface area contributed by atoms with Crippen LogP contribution in [0.4, 0.5) is 0 Å². The maximum absolute atomic E-state index is 14.4. The van der Waals surface area contributed by atoms with Crippen molar-refractivity contribution in [2.45, 2.75) is 33.7 Å². The molecule has 2 heterocycles. The molecule has 5 rings (SSSR count). The van der Waals surface area contributed by atoms with Gasteiger partial charge in [0, 0.05) is 18.7 Å². The van der Waals surface area contributed by atoms with Crippen LogP contribution in [-0.2, 0) is 4.79 Å². The van der Waals surface area contributed by atoms with Crippen LogP contribution in [-0.4, -0.2) is 48.8 Å². The first kappa shape index (κ1) is 31.9. The van der Waals surface area contributed by atoms with Crippen LogP contribution in [0.5, 0.6) is 17.2 Å². The molecule has 0 saturated carbocycles. The van der Waals surface area contributed by atoms with E-state index in [1.54, 1.807) is 34.8 Å². The summed E-state index contributed by atoms with van der Waals surface area (Å²) >= 11 is 7.82. The molecule has 1 aliphatic heterocycles. The number of amides is 1. The van der Waals surface area contributed by atoms with Gasteiger partial charge in [0.05, 0.1) is 34.5 Å². The Kier molecular flexibility index (Phi) is 9.66. The van der Waals surface area contributed by atoms with E-state index in [4.69, 9.17) is 37.2 Å². The molecule has 0 spiro atoms. The SMILES string of the molecule is C#CCOc1c(Cl)cc(/C=c2/sc3n(c2=O)[C@@H](c2c(OC)ccc4ccccc24)C(C(=O)N(CC)CC)=C(C)N=3)cc1OCC. The summed E-state index contributed by atoms with van der Waals surface area (Å²) in [4.78, 5) is 35.6. The van der Waals surface area contributed by atoms with Gasteiger partial charge in [0.15, 0.2) is 16.3 Å². The molecule has 3 aromatic carbocycles. The molecule has 1 aliphatic rings. The molecule has 10 heteroatoms. The lowest BCUT2D eigenvalue weighted by Crippen LogP contribution is -2.43. The van der Waals surface area contributed by atoms with Crippen LogP contribution < -0.4 is 29.1 Å². The highest BCUT2D eigenvalue weighted by Crippen LogP contribution is 2.41. The number of thiazole rings is 1. The van der Waals surface area contributed by atoms with E-state index < -0.39 is 6.04 Å². The van der Waals surface area contributed by atoms with Crippen LogP contribution >= 0.6 is 22.9 Å². The van der Waals surface area contributed by atoms with Crippen LogP contribution in [0.15, 0.2) is 69.6 Å². The first-order valence-electron chi connectivity index (χ1n) is 14.7. The van der Waals surface area contributed by atoms with Crippen molar-refractivity contribution >= 4 is 45.7 Å². The van der Waals surface area contributed by atoms with E-state index in [0.717, 1.165) is 16.3 Å². The highest BCUT2D eigenvalue weighted by Gasteiger charge is 2.36. The number of benzene rings is 3. The third-order valence-corrected chi connectivity index (χ3v) is 8.92. The van der Waals surface area contributed by atoms with Crippen molar-refractivity contribution in [1.29, 1.82) is 0 Å². The number of ether oxygens (including phenoxy) is 3. The maximum atomic E-state index is 14.4. The molecule has 0 bridgehead atoms. The van der Waals surface area contributed by atoms with Crippen molar-refractivity contribution in [2.75, 3.05) is 33.4 Å². The zero-order valence-corrected chi connectivity index (χ0v) is 27.4. The molecule has 232 valence electrons. The largest absolute Gasteiger partial charge is 0.496 e. The average Bonchev–Trinajstić information content (AvgIpc) is 3.33. The Hall–Kier alpha value is -4.52. The smallest absolute Gasteiger partial charge is 0.271 e. The molecule has 4 aromatic rings. The number of likely N-dealkylation sites (N-methyl/N-ethyl adjacent to an activating group) is 1. The molecule has 0 aliphatic carbocycles. The van der Waals surface area contributed by atoms with Crippen LogP contribution in [0.2, 0.25) is 5.02 Å². The van der Waals surface area contributed by atoms with E-state index in [1.807, 2.05) is 64.1 Å². The summed E-state index contributed by atoms with van der Waals surface area (Å²) in [5.41, 5.74) is 2.05. The van der Waals surface area contributed by atoms with Gasteiger partial charge in [-0.2, -0.15) is 0 Å². The third-order valence-electron chi connectivity index (χ3n) is 7.66. The summed E-state index contributed by atoms with van der Waals surface area (Å²) in [5.74, 6) is 3.59. The molecular formula is C35H34ClN3O5S. The number of aromatic nitrogens is 1. The number of carbonyl (C=O) groups excluding carboxylic acids is 1. The number of allylic oxidation sites excluding steroid dienone is 1. The molecule has 8 nitrogen and oxygen atoms in total. The highest BCUT2D eigenvalue weighted by molar-refractivity contribution is 7.07. The van der Waals surface area contributed by atoms with Gasteiger partial charge >= 0.3 is 0 Å². The third kappa shape index (κ3) is 5.96. The number of nitrogens with zero attached hydrogens (tertiary/aromatic N) is 3. The van der Waals surface area contributed by atoms with Crippen molar-refractivity contribution in [3.8, 4) is 29.6 Å². The Morgan fingerprint density at radius 3 is 2.58 bits per heavy atom. The van der Waals surface area contributed by atoms with E-state index in [0.29, 0.717) is 68.1 Å². The molecule has 0 N–H and O–H groups in total. The van der Waals surface area contributed by atoms with Crippen LogP contribution in [0.25, 0.3) is 16.8 Å². The van der Waals surface area contributed by atoms with Gasteiger partial charge in [0.2, 0.25) is 0 Å². The van der Waals surface area contributed by atoms with Crippen LogP contribution in [0, 0.1) is 12.3 Å². The van der Waals surface area contributed by atoms with E-state index in [2.05, 4.69) is 5.92 Å². The molecule has 45 heavy (non-hydrogen) atoms. The van der Waals surface area contributed by atoms with E-state index in [1.165, 1.54) is 11.3 Å². The van der Waals surface area contributed by atoms with Crippen molar-refractivity contribution in [3.05, 3.63) is 95.6 Å². The molecule has 1 aromatic heterocycles. The van der Waals surface area contributed by atoms with Crippen molar-refractivity contribution in [2.24, 2.45) is 4.99 Å². The molecule has 0 unspecified atom stereocenters. The fraction of sp³-hybridized carbons (Fsp3) is 0.286. The second kappa shape index (κ2) is 13.6. The number of methoxy groups -OCH3 is 1. The fourth-order valence-electron chi connectivity index (χ4n) is 5.62. The molecule has 0 saturated heterocycles. The van der Waals surface area contributed by atoms with Gasteiger partial charge in [-0.1, -0.05) is 59.2 Å². The summed E-state index contributed by atoms with van der Waals surface area (Å²) < 4.78 is 19.3. The standard InChI is InChI=1S/C35H34ClN3O5S/c1-7-17-44-32-25(36)18-22(19-27(32)43-10-4)20-28-33(40)39-31(30-24-14-12-11-13-23(24)15-16-26(30)42-6)29(21(5)37-35(39)45-28)34(41)38(8-2)9-3/h1,11-16,18-20,31H,8-10,17H2,2-6H3/b28-20+/t31-/m1/s1. The van der Waals surface area contributed by atoms with Gasteiger partial charge in [0.1, 0.15) is 18.4 Å². The van der Waals surface area contributed by atoms with Gasteiger partial charge in [-0.15, -0.1) is 6.42 Å². The van der Waals surface area contributed by atoms with Gasteiger partial charge < -0.3 is 19.1 Å². The Labute approximate surface area is 270 Å². The summed E-state index contributed by atoms with van der Waals surface area (Å²) in [5, 5.41) is 2.15. The lowest BCUT2D eigenvalue weighted by atomic mass is 9.90. The molecular weight excluding hydrogens is 610 g/mol. The van der Waals surface area contributed by atoms with Gasteiger partial charge in [-0.05, 0) is 68.3 Å². The zero-order valence-electron chi connectivity index (χ0n) is 25.8. The average molecular weight is 644 g/mol. The molecule has 0 radical (unpaired) electrons. The number of rotatable bonds is 10. The lowest BCUT2D eigenvalue weighted by molar-refractivity contribution is -0.127. The predicted octanol–water partition coefficient (Wildman–Crippen LogP) is 5.33. The Bertz CT molecular complexity index is 2030. The Morgan fingerprint density at radius 2 is 1.89 bits per heavy atom. The number of hydrogen-bond donors (Lipinski definition) is 0. The number of terminal acetylenes is 1. The molecule has 1 atom stereocenters. The highest BCUT2D eigenvalue weighted by atomic mass is 35.5. The summed E-state index contributed by atoms with van der Waals surface area (Å²) in [6, 6.07) is 14.4. The van der Waals surface area contributed by atoms with Crippen molar-refractivity contribution in [1.82, 2.24) is 9.47 Å². The summed E-state index contributed by atoms with van der Waals surface area (Å²) in [7, 11) is 1.59. The normalized spacial score (nSPS) is 14.5. The minimum absolute atomic E-state index is 0.0310. The number of halogens is 1. The van der Waals surface area contributed by atoms with Gasteiger partial charge in [0.25, 0.3) is 11.5 Å². The lowest BCUT2D eigenvalue weighted by Gasteiger charge is -2.30. The van der Waals surface area contributed by atoms with Gasteiger partial charge in [-0.25, -0.2) is 4.99 Å². The second-order valence-electron chi connectivity index (χ2n) is 10.2. The van der Waals surface area contributed by atoms with Crippen molar-refractivity contribution < 1.29 is 19.0 Å². The topological polar surface area (TPSA) is 82.4 Å². The quantitative estimate of drug-likeness (QED) is 0.218. The summed E-state index contributed by atoms with van der Waals surface area (Å²) in [6.45, 7) is 8.98. The number of fused-ring (bicyclic) bond motifs is 2. The number of hydrogen-bond acceptors (Lipinski definition) is 7. The minimum Gasteiger partial charge on any atom is -0.496 e. The van der Waals surface area contributed by atoms with Crippen LogP contribution in [0.3, 0.4) is 0 Å². The van der Waals surface area contributed by atoms with Crippen LogP contribution in [0.1, 0.15) is 44.9 Å². The van der Waals surface area contributed by atoms with Gasteiger partial charge in [-0.3, -0.25) is 14.2 Å². The Morgan fingerprint density at radius 1 is 1.13 bits per heavy atom. The number of carbonyl (C=O) groups is 1. The molecule has 0 fully saturated rings. The predicted molar refractivity (Wildman–Crippen MR) is 179 cm³/mol. The monoisotopic (exact) mass is 643 g/mol.